The fraction of sp³-hybridized carbons (Fsp3) is 0.769. The molecule has 0 unspecified atom stereocenters. The summed E-state index contributed by atoms with van der Waals surface area (Å²) in [6.07, 6.45) is 0.986. The molecule has 0 aliphatic carbocycles. The molecular formula is C13H22N2O. The summed E-state index contributed by atoms with van der Waals surface area (Å²) < 4.78 is 5.90. The lowest BCUT2D eigenvalue weighted by Gasteiger charge is -2.25. The van der Waals surface area contributed by atoms with E-state index in [1.807, 2.05) is 0 Å². The molecule has 0 atom stereocenters. The van der Waals surface area contributed by atoms with Gasteiger partial charge in [-0.1, -0.05) is 27.7 Å². The fourth-order valence-electron chi connectivity index (χ4n) is 2.05. The van der Waals surface area contributed by atoms with Gasteiger partial charge in [0.15, 0.2) is 5.89 Å². The van der Waals surface area contributed by atoms with E-state index in [0.717, 1.165) is 42.8 Å². The third-order valence-corrected chi connectivity index (χ3v) is 3.13. The number of aromatic nitrogens is 1. The topological polar surface area (TPSA) is 38.1 Å². The van der Waals surface area contributed by atoms with Crippen LogP contribution in [0.4, 0.5) is 0 Å². The van der Waals surface area contributed by atoms with Crippen LogP contribution in [0.5, 0.6) is 0 Å². The summed E-state index contributed by atoms with van der Waals surface area (Å²) in [6.45, 7) is 10.9. The van der Waals surface area contributed by atoms with Crippen molar-refractivity contribution in [2.24, 2.45) is 5.92 Å². The molecule has 0 spiro atoms. The quantitative estimate of drug-likeness (QED) is 0.851. The van der Waals surface area contributed by atoms with Gasteiger partial charge in [-0.05, 0) is 24.9 Å². The molecule has 2 rings (SSSR count). The Morgan fingerprint density at radius 2 is 1.94 bits per heavy atom. The molecule has 0 aromatic carbocycles. The number of rotatable bonds is 4. The first-order valence-corrected chi connectivity index (χ1v) is 6.28. The van der Waals surface area contributed by atoms with Gasteiger partial charge >= 0.3 is 0 Å². The molecule has 1 fully saturated rings. The number of hydrogen-bond acceptors (Lipinski definition) is 3. The van der Waals surface area contributed by atoms with E-state index in [9.17, 15) is 0 Å². The van der Waals surface area contributed by atoms with Crippen LogP contribution in [0.1, 0.15) is 56.9 Å². The van der Waals surface area contributed by atoms with Gasteiger partial charge in [-0.3, -0.25) is 0 Å². The second-order valence-corrected chi connectivity index (χ2v) is 5.39. The number of nitrogens with one attached hydrogen (secondary N) is 1. The largest absolute Gasteiger partial charge is 0.445 e. The molecule has 3 heteroatoms. The summed E-state index contributed by atoms with van der Waals surface area (Å²) in [6, 6.07) is 0. The summed E-state index contributed by atoms with van der Waals surface area (Å²) in [5.41, 5.74) is 1.15. The first-order valence-electron chi connectivity index (χ1n) is 6.28. The van der Waals surface area contributed by atoms with Crippen LogP contribution < -0.4 is 5.32 Å². The van der Waals surface area contributed by atoms with Crippen molar-refractivity contribution in [3.63, 3.8) is 0 Å². The van der Waals surface area contributed by atoms with Crippen LogP contribution in [0.3, 0.4) is 0 Å². The van der Waals surface area contributed by atoms with E-state index in [1.54, 1.807) is 0 Å². The van der Waals surface area contributed by atoms with Crippen molar-refractivity contribution in [1.29, 1.82) is 0 Å². The maximum atomic E-state index is 5.90. The van der Waals surface area contributed by atoms with Crippen LogP contribution in [-0.2, 0) is 6.42 Å². The van der Waals surface area contributed by atoms with Gasteiger partial charge in [0, 0.05) is 12.3 Å². The maximum Gasteiger partial charge on any atom is 0.195 e. The lowest BCUT2D eigenvalue weighted by molar-refractivity contribution is 0.312. The van der Waals surface area contributed by atoms with Gasteiger partial charge in [-0.25, -0.2) is 4.98 Å². The molecule has 3 nitrogen and oxygen atoms in total. The molecule has 0 radical (unpaired) electrons. The molecule has 0 bridgehead atoms. The van der Waals surface area contributed by atoms with Crippen molar-refractivity contribution in [2.45, 2.75) is 46.0 Å². The highest BCUT2D eigenvalue weighted by Crippen LogP contribution is 2.27. The van der Waals surface area contributed by atoms with Crippen molar-refractivity contribution in [3.05, 3.63) is 17.3 Å². The monoisotopic (exact) mass is 222 g/mol. The predicted octanol–water partition coefficient (Wildman–Crippen LogP) is 2.68. The average Bonchev–Trinajstić information content (AvgIpc) is 2.55. The van der Waals surface area contributed by atoms with Gasteiger partial charge in [0.25, 0.3) is 0 Å². The fourth-order valence-corrected chi connectivity index (χ4v) is 2.05. The standard InChI is InChI=1S/C13H22N2O/c1-8(2)12-13(9(3)4)16-11(15-12)5-10-6-14-7-10/h8-10,14H,5-7H2,1-4H3. The highest BCUT2D eigenvalue weighted by molar-refractivity contribution is 5.17. The van der Waals surface area contributed by atoms with E-state index < -0.39 is 0 Å². The second-order valence-electron chi connectivity index (χ2n) is 5.39. The Balaban J connectivity index is 2.16. The van der Waals surface area contributed by atoms with Gasteiger partial charge in [-0.15, -0.1) is 0 Å². The van der Waals surface area contributed by atoms with Crippen LogP contribution in [-0.4, -0.2) is 18.1 Å². The minimum absolute atomic E-state index is 0.429. The van der Waals surface area contributed by atoms with Gasteiger partial charge < -0.3 is 9.73 Å². The smallest absolute Gasteiger partial charge is 0.195 e. The third kappa shape index (κ3) is 2.29. The Bertz CT molecular complexity index is 325. The van der Waals surface area contributed by atoms with Crippen LogP contribution >= 0.6 is 0 Å². The number of nitrogens with zero attached hydrogens (tertiary/aromatic N) is 1. The van der Waals surface area contributed by atoms with Crippen molar-refractivity contribution in [3.8, 4) is 0 Å². The van der Waals surface area contributed by atoms with Crippen LogP contribution in [0, 0.1) is 5.92 Å². The molecule has 1 saturated heterocycles. The minimum Gasteiger partial charge on any atom is -0.445 e. The van der Waals surface area contributed by atoms with E-state index in [1.165, 1.54) is 0 Å². The zero-order valence-corrected chi connectivity index (χ0v) is 10.7. The van der Waals surface area contributed by atoms with E-state index in [-0.39, 0.29) is 0 Å². The van der Waals surface area contributed by atoms with Gasteiger partial charge in [0.05, 0.1) is 5.69 Å². The summed E-state index contributed by atoms with van der Waals surface area (Å²) in [7, 11) is 0. The first kappa shape index (κ1) is 11.6. The Morgan fingerprint density at radius 1 is 1.25 bits per heavy atom. The van der Waals surface area contributed by atoms with Gasteiger partial charge in [0.2, 0.25) is 0 Å². The Labute approximate surface area is 97.6 Å². The van der Waals surface area contributed by atoms with Crippen molar-refractivity contribution >= 4 is 0 Å². The van der Waals surface area contributed by atoms with Crippen molar-refractivity contribution in [2.75, 3.05) is 13.1 Å². The highest BCUT2D eigenvalue weighted by Gasteiger charge is 2.23. The SMILES string of the molecule is CC(C)c1nc(CC2CNC2)oc1C(C)C. The minimum atomic E-state index is 0.429. The third-order valence-electron chi connectivity index (χ3n) is 3.13. The van der Waals surface area contributed by atoms with Gasteiger partial charge in [-0.2, -0.15) is 0 Å². The van der Waals surface area contributed by atoms with Crippen LogP contribution in [0.2, 0.25) is 0 Å². The molecule has 1 aromatic heterocycles. The lowest BCUT2D eigenvalue weighted by atomic mass is 10.00. The van der Waals surface area contributed by atoms with E-state index in [0.29, 0.717) is 11.8 Å². The zero-order chi connectivity index (χ0) is 11.7. The molecule has 0 saturated carbocycles. The molecule has 1 aliphatic heterocycles. The van der Waals surface area contributed by atoms with Crippen LogP contribution in [0.25, 0.3) is 0 Å². The van der Waals surface area contributed by atoms with E-state index in [2.05, 4.69) is 38.0 Å². The average molecular weight is 222 g/mol. The first-order chi connectivity index (χ1) is 7.58. The summed E-state index contributed by atoms with van der Waals surface area (Å²) in [4.78, 5) is 4.66. The van der Waals surface area contributed by atoms with E-state index in [4.69, 9.17) is 4.42 Å². The maximum absolute atomic E-state index is 5.90. The molecular weight excluding hydrogens is 200 g/mol. The second kappa shape index (κ2) is 4.58. The summed E-state index contributed by atoms with van der Waals surface area (Å²) in [5.74, 6) is 3.61. The van der Waals surface area contributed by atoms with E-state index >= 15 is 0 Å². The molecule has 2 heterocycles. The Morgan fingerprint density at radius 3 is 2.31 bits per heavy atom. The van der Waals surface area contributed by atoms with Crippen molar-refractivity contribution < 1.29 is 4.42 Å². The molecule has 1 aromatic rings. The normalized spacial score (nSPS) is 17.1. The van der Waals surface area contributed by atoms with Gasteiger partial charge in [0.1, 0.15) is 5.76 Å². The molecule has 1 aliphatic rings. The molecule has 0 amide bonds. The Hall–Kier alpha value is -0.830. The number of hydrogen-bond donors (Lipinski definition) is 1. The van der Waals surface area contributed by atoms with Crippen molar-refractivity contribution in [1.82, 2.24) is 10.3 Å². The zero-order valence-electron chi connectivity index (χ0n) is 10.7. The lowest BCUT2D eigenvalue weighted by Crippen LogP contribution is -2.43. The Kier molecular flexibility index (Phi) is 3.33. The molecule has 90 valence electrons. The summed E-state index contributed by atoms with van der Waals surface area (Å²) >= 11 is 0. The molecule has 1 N–H and O–H groups in total. The molecule has 16 heavy (non-hydrogen) atoms. The summed E-state index contributed by atoms with van der Waals surface area (Å²) in [5, 5.41) is 3.28. The predicted molar refractivity (Wildman–Crippen MR) is 64.7 cm³/mol. The number of oxazole rings is 1. The van der Waals surface area contributed by atoms with Crippen LogP contribution in [0.15, 0.2) is 4.42 Å². The highest BCUT2D eigenvalue weighted by atomic mass is 16.4.